The number of carboxylic acid groups (broad SMARTS) is 1. The Kier molecular flexibility index (Phi) is 14.0. The summed E-state index contributed by atoms with van der Waals surface area (Å²) in [5.74, 6) is -2.35. The molecule has 11 nitrogen and oxygen atoms in total. The number of carboxylic acids is 1. The molecule has 0 unspecified atom stereocenters. The van der Waals surface area contributed by atoms with E-state index >= 15 is 0 Å². The van der Waals surface area contributed by atoms with Crippen molar-refractivity contribution in [3.63, 3.8) is 0 Å². The van der Waals surface area contributed by atoms with Crippen LogP contribution in [0.4, 0.5) is 4.39 Å². The number of hydrogen-bond donors (Lipinski definition) is 3. The summed E-state index contributed by atoms with van der Waals surface area (Å²) in [7, 11) is 0. The zero-order valence-corrected chi connectivity index (χ0v) is 25.3. The molecule has 3 N–H and O–H groups in total. The largest absolute Gasteiger partial charge is 0.482 e. The number of hydrogen-bond acceptors (Lipinski definition) is 8. The van der Waals surface area contributed by atoms with Gasteiger partial charge in [-0.05, 0) is 55.5 Å². The van der Waals surface area contributed by atoms with Gasteiger partial charge in [0.05, 0.1) is 12.2 Å². The molecular formula is C32H43FN2O9. The maximum Gasteiger partial charge on any atom is 0.341 e. The first kappa shape index (κ1) is 34.9. The standard InChI is InChI=1S/C32H43FN2O9/c1-22(2)12-17-43-28-19-35(32(41)25-10-3-4-11-26(25)33)15-14-34(13-5-6-16-42-20-27(36)30(28)39)31(40)23-8-7-9-24(18-23)44-21-29(37)38/h3-4,7-11,18,22,27-28,30,36,39H,5-6,12-17,19-21H2,1-2H3,(H,37,38)/t27-,28-,30-/m1/s1. The molecule has 12 heteroatoms. The van der Waals surface area contributed by atoms with Gasteiger partial charge in [0.25, 0.3) is 11.8 Å². The Morgan fingerprint density at radius 2 is 1.75 bits per heavy atom. The second kappa shape index (κ2) is 17.6. The van der Waals surface area contributed by atoms with Crippen LogP contribution in [-0.2, 0) is 14.3 Å². The van der Waals surface area contributed by atoms with Crippen LogP contribution in [-0.4, -0.2) is 114 Å². The quantitative estimate of drug-likeness (QED) is 0.386. The van der Waals surface area contributed by atoms with Crippen LogP contribution in [0.15, 0.2) is 48.5 Å². The predicted molar refractivity (Wildman–Crippen MR) is 159 cm³/mol. The lowest BCUT2D eigenvalue weighted by Gasteiger charge is -2.34. The van der Waals surface area contributed by atoms with Crippen LogP contribution in [0.5, 0.6) is 5.75 Å². The molecular weight excluding hydrogens is 575 g/mol. The first-order valence-electron chi connectivity index (χ1n) is 14.9. The topological polar surface area (TPSA) is 146 Å². The number of aliphatic hydroxyl groups is 2. The average molecular weight is 619 g/mol. The highest BCUT2D eigenvalue weighted by atomic mass is 19.1. The fraction of sp³-hybridized carbons (Fsp3) is 0.531. The Bertz CT molecular complexity index is 1230. The van der Waals surface area contributed by atoms with E-state index in [1.54, 1.807) is 29.2 Å². The van der Waals surface area contributed by atoms with E-state index in [1.165, 1.54) is 29.2 Å². The van der Waals surface area contributed by atoms with Crippen molar-refractivity contribution >= 4 is 17.8 Å². The molecule has 0 bridgehead atoms. The smallest absolute Gasteiger partial charge is 0.341 e. The molecule has 0 radical (unpaired) electrons. The average Bonchev–Trinajstić information content (AvgIpc) is 3.00. The highest BCUT2D eigenvalue weighted by Crippen LogP contribution is 2.18. The van der Waals surface area contributed by atoms with Crippen molar-refractivity contribution in [2.75, 3.05) is 52.6 Å². The molecule has 1 fully saturated rings. The summed E-state index contributed by atoms with van der Waals surface area (Å²) < 4.78 is 31.6. The van der Waals surface area contributed by atoms with E-state index in [-0.39, 0.29) is 55.6 Å². The van der Waals surface area contributed by atoms with Gasteiger partial charge < -0.3 is 39.3 Å². The second-order valence-corrected chi connectivity index (χ2v) is 11.2. The molecule has 2 amide bonds. The van der Waals surface area contributed by atoms with Gasteiger partial charge >= 0.3 is 5.97 Å². The van der Waals surface area contributed by atoms with E-state index in [0.717, 1.165) is 0 Å². The Morgan fingerprint density at radius 3 is 2.48 bits per heavy atom. The van der Waals surface area contributed by atoms with Gasteiger partial charge in [0, 0.05) is 45.0 Å². The van der Waals surface area contributed by atoms with Crippen molar-refractivity contribution in [2.24, 2.45) is 5.92 Å². The zero-order valence-electron chi connectivity index (χ0n) is 25.3. The molecule has 0 spiro atoms. The molecule has 0 aliphatic carbocycles. The molecule has 242 valence electrons. The molecule has 2 aromatic rings. The summed E-state index contributed by atoms with van der Waals surface area (Å²) in [6, 6.07) is 11.7. The van der Waals surface area contributed by atoms with Crippen LogP contribution >= 0.6 is 0 Å². The third-order valence-corrected chi connectivity index (χ3v) is 7.22. The predicted octanol–water partition coefficient (Wildman–Crippen LogP) is 2.84. The SMILES string of the molecule is CC(C)CCO[C@@H]1CN(C(=O)c2ccccc2F)CCN(C(=O)c2cccc(OCC(=O)O)c2)CCCCOC[C@@H](O)[C@H]1O. The van der Waals surface area contributed by atoms with E-state index < -0.39 is 42.6 Å². The first-order valence-corrected chi connectivity index (χ1v) is 14.9. The number of rotatable bonds is 9. The van der Waals surface area contributed by atoms with E-state index in [9.17, 15) is 29.0 Å². The summed E-state index contributed by atoms with van der Waals surface area (Å²) in [6.07, 6.45) is -1.91. The van der Waals surface area contributed by atoms with Gasteiger partial charge in [-0.15, -0.1) is 0 Å². The monoisotopic (exact) mass is 618 g/mol. The molecule has 3 atom stereocenters. The molecule has 3 rings (SSSR count). The molecule has 1 heterocycles. The number of halogens is 1. The van der Waals surface area contributed by atoms with E-state index in [4.69, 9.17) is 19.3 Å². The van der Waals surface area contributed by atoms with Gasteiger partial charge in [-0.3, -0.25) is 9.59 Å². The number of ether oxygens (including phenoxy) is 3. The van der Waals surface area contributed by atoms with Crippen LogP contribution in [0.1, 0.15) is 53.8 Å². The summed E-state index contributed by atoms with van der Waals surface area (Å²) in [5.41, 5.74) is 0.0970. The molecule has 1 saturated heterocycles. The molecule has 1 aliphatic heterocycles. The minimum atomic E-state index is -1.40. The highest BCUT2D eigenvalue weighted by Gasteiger charge is 2.32. The van der Waals surface area contributed by atoms with E-state index in [1.807, 2.05) is 13.8 Å². The number of aliphatic hydroxyl groups excluding tert-OH is 2. The first-order chi connectivity index (χ1) is 21.1. The normalized spacial score (nSPS) is 20.6. The molecule has 44 heavy (non-hydrogen) atoms. The van der Waals surface area contributed by atoms with Crippen LogP contribution in [0.25, 0.3) is 0 Å². The van der Waals surface area contributed by atoms with Crippen molar-refractivity contribution in [1.29, 1.82) is 0 Å². The van der Waals surface area contributed by atoms with Gasteiger partial charge in [-0.1, -0.05) is 32.0 Å². The Labute approximate surface area is 257 Å². The van der Waals surface area contributed by atoms with Crippen LogP contribution in [0, 0.1) is 11.7 Å². The number of nitrogens with zero attached hydrogens (tertiary/aromatic N) is 2. The number of carbonyl (C=O) groups excluding carboxylic acids is 2. The van der Waals surface area contributed by atoms with Gasteiger partial charge in [-0.2, -0.15) is 0 Å². The maximum atomic E-state index is 14.7. The van der Waals surface area contributed by atoms with Gasteiger partial charge in [0.1, 0.15) is 29.9 Å². The minimum absolute atomic E-state index is 0.0164. The number of carbonyl (C=O) groups is 3. The zero-order chi connectivity index (χ0) is 32.1. The van der Waals surface area contributed by atoms with Crippen LogP contribution in [0.3, 0.4) is 0 Å². The van der Waals surface area contributed by atoms with Crippen molar-refractivity contribution in [2.45, 2.75) is 51.4 Å². The molecule has 2 aromatic carbocycles. The van der Waals surface area contributed by atoms with Crippen molar-refractivity contribution in [1.82, 2.24) is 9.80 Å². The summed E-state index contributed by atoms with van der Waals surface area (Å²) in [4.78, 5) is 41.2. The Morgan fingerprint density at radius 1 is 1.00 bits per heavy atom. The Balaban J connectivity index is 1.91. The molecule has 0 aromatic heterocycles. The number of amides is 2. The lowest BCUT2D eigenvalue weighted by atomic mass is 10.1. The van der Waals surface area contributed by atoms with Crippen LogP contribution < -0.4 is 4.74 Å². The lowest BCUT2D eigenvalue weighted by Crippen LogP contribution is -2.51. The fourth-order valence-electron chi connectivity index (χ4n) is 4.67. The van der Waals surface area contributed by atoms with Crippen molar-refractivity contribution in [3.8, 4) is 5.75 Å². The lowest BCUT2D eigenvalue weighted by molar-refractivity contribution is -0.139. The van der Waals surface area contributed by atoms with Gasteiger partial charge in [-0.25, -0.2) is 9.18 Å². The number of aliphatic carboxylic acids is 1. The van der Waals surface area contributed by atoms with Crippen LogP contribution in [0.2, 0.25) is 0 Å². The van der Waals surface area contributed by atoms with E-state index in [0.29, 0.717) is 38.3 Å². The summed E-state index contributed by atoms with van der Waals surface area (Å²) >= 11 is 0. The third kappa shape index (κ3) is 10.8. The molecule has 0 saturated carbocycles. The summed E-state index contributed by atoms with van der Waals surface area (Å²) in [5, 5.41) is 30.7. The van der Waals surface area contributed by atoms with Gasteiger partial charge in [0.2, 0.25) is 0 Å². The number of benzene rings is 2. The van der Waals surface area contributed by atoms with Crippen molar-refractivity contribution < 1.29 is 48.3 Å². The second-order valence-electron chi connectivity index (χ2n) is 11.2. The third-order valence-electron chi connectivity index (χ3n) is 7.22. The highest BCUT2D eigenvalue weighted by molar-refractivity contribution is 5.95. The van der Waals surface area contributed by atoms with Crippen molar-refractivity contribution in [3.05, 3.63) is 65.5 Å². The minimum Gasteiger partial charge on any atom is -0.482 e. The molecule has 1 aliphatic rings. The Hall–Kier alpha value is -3.58. The summed E-state index contributed by atoms with van der Waals surface area (Å²) in [6.45, 7) is 4.06. The van der Waals surface area contributed by atoms with E-state index in [2.05, 4.69) is 0 Å². The fourth-order valence-corrected chi connectivity index (χ4v) is 4.67. The maximum absolute atomic E-state index is 14.7. The van der Waals surface area contributed by atoms with Gasteiger partial charge in [0.15, 0.2) is 6.61 Å².